The first-order valence-electron chi connectivity index (χ1n) is 9.43. The minimum atomic E-state index is -3.35. The van der Waals surface area contributed by atoms with Gasteiger partial charge in [0.15, 0.2) is 0 Å². The number of aryl methyl sites for hydroxylation is 1. The highest BCUT2D eigenvalue weighted by molar-refractivity contribution is 7.89. The molecule has 0 aliphatic carbocycles. The second-order valence-corrected chi connectivity index (χ2v) is 8.94. The highest BCUT2D eigenvalue weighted by Gasteiger charge is 2.25. The molecule has 0 saturated carbocycles. The molecule has 1 aromatic rings. The fourth-order valence-electron chi connectivity index (χ4n) is 3.03. The number of methoxy groups -OCH3 is 1. The maximum absolute atomic E-state index is 12.8. The van der Waals surface area contributed by atoms with Crippen molar-refractivity contribution in [1.82, 2.24) is 14.5 Å². The SMILES string of the molecule is COCCCN(CCS(=O)(=O)N1CCNCC1)C(=O)Cc1ccc(C)cc1. The van der Waals surface area contributed by atoms with Crippen molar-refractivity contribution in [1.29, 1.82) is 0 Å². The maximum atomic E-state index is 12.8. The summed E-state index contributed by atoms with van der Waals surface area (Å²) in [4.78, 5) is 14.4. The Morgan fingerprint density at radius 3 is 2.48 bits per heavy atom. The molecule has 27 heavy (non-hydrogen) atoms. The lowest BCUT2D eigenvalue weighted by molar-refractivity contribution is -0.130. The van der Waals surface area contributed by atoms with Crippen molar-refractivity contribution in [2.45, 2.75) is 19.8 Å². The summed E-state index contributed by atoms with van der Waals surface area (Å²) in [6.45, 7) is 5.57. The average Bonchev–Trinajstić information content (AvgIpc) is 2.67. The zero-order chi connectivity index (χ0) is 19.7. The van der Waals surface area contributed by atoms with E-state index in [2.05, 4.69) is 5.32 Å². The van der Waals surface area contributed by atoms with Gasteiger partial charge in [-0.2, -0.15) is 4.31 Å². The van der Waals surface area contributed by atoms with Crippen molar-refractivity contribution in [2.75, 3.05) is 58.7 Å². The van der Waals surface area contributed by atoms with Gasteiger partial charge in [-0.25, -0.2) is 8.42 Å². The summed E-state index contributed by atoms with van der Waals surface area (Å²) in [5.41, 5.74) is 2.08. The fraction of sp³-hybridized carbons (Fsp3) is 0.632. The van der Waals surface area contributed by atoms with Crippen LogP contribution < -0.4 is 5.32 Å². The van der Waals surface area contributed by atoms with Crippen molar-refractivity contribution < 1.29 is 17.9 Å². The Hall–Kier alpha value is -1.48. The Bertz CT molecular complexity index is 685. The maximum Gasteiger partial charge on any atom is 0.227 e. The topological polar surface area (TPSA) is 79.0 Å². The number of nitrogens with zero attached hydrogens (tertiary/aromatic N) is 2. The number of ether oxygens (including phenoxy) is 1. The predicted molar refractivity (Wildman–Crippen MR) is 106 cm³/mol. The second-order valence-electron chi connectivity index (χ2n) is 6.85. The number of benzene rings is 1. The third-order valence-electron chi connectivity index (χ3n) is 4.69. The number of nitrogens with one attached hydrogen (secondary N) is 1. The van der Waals surface area contributed by atoms with Gasteiger partial charge in [-0.3, -0.25) is 4.79 Å². The van der Waals surface area contributed by atoms with Gasteiger partial charge < -0.3 is 15.0 Å². The molecule has 1 saturated heterocycles. The van der Waals surface area contributed by atoms with Gasteiger partial charge in [-0.05, 0) is 18.9 Å². The molecule has 7 nitrogen and oxygen atoms in total. The van der Waals surface area contributed by atoms with Crippen molar-refractivity contribution in [3.8, 4) is 0 Å². The molecule has 1 fully saturated rings. The lowest BCUT2D eigenvalue weighted by atomic mass is 10.1. The van der Waals surface area contributed by atoms with Crippen LogP contribution in [0.25, 0.3) is 0 Å². The van der Waals surface area contributed by atoms with Gasteiger partial charge in [0.05, 0.1) is 12.2 Å². The molecule has 1 aliphatic heterocycles. The van der Waals surface area contributed by atoms with E-state index in [0.29, 0.717) is 45.8 Å². The molecular weight excluding hydrogens is 366 g/mol. The predicted octanol–water partition coefficient (Wildman–Crippen LogP) is 0.638. The molecule has 1 amide bonds. The van der Waals surface area contributed by atoms with E-state index in [9.17, 15) is 13.2 Å². The summed E-state index contributed by atoms with van der Waals surface area (Å²) in [5.74, 6) is -0.0925. The summed E-state index contributed by atoms with van der Waals surface area (Å²) < 4.78 is 31.7. The molecule has 1 aliphatic rings. The van der Waals surface area contributed by atoms with E-state index in [0.717, 1.165) is 11.1 Å². The van der Waals surface area contributed by atoms with Crippen molar-refractivity contribution in [2.24, 2.45) is 0 Å². The molecule has 1 aromatic carbocycles. The Kier molecular flexibility index (Phi) is 8.69. The first-order chi connectivity index (χ1) is 12.9. The number of carbonyl (C=O) groups excluding carboxylic acids is 1. The number of rotatable bonds is 10. The Balaban J connectivity index is 1.97. The van der Waals surface area contributed by atoms with Gasteiger partial charge in [0.1, 0.15) is 0 Å². The largest absolute Gasteiger partial charge is 0.385 e. The van der Waals surface area contributed by atoms with Crippen LogP contribution in [0.15, 0.2) is 24.3 Å². The first kappa shape index (κ1) is 21.8. The van der Waals surface area contributed by atoms with E-state index in [4.69, 9.17) is 4.74 Å². The van der Waals surface area contributed by atoms with Crippen molar-refractivity contribution in [3.05, 3.63) is 35.4 Å². The van der Waals surface area contributed by atoms with Gasteiger partial charge in [0.2, 0.25) is 15.9 Å². The quantitative estimate of drug-likeness (QED) is 0.586. The van der Waals surface area contributed by atoms with Crippen LogP contribution in [0.4, 0.5) is 0 Å². The molecule has 1 heterocycles. The van der Waals surface area contributed by atoms with Crippen molar-refractivity contribution in [3.63, 3.8) is 0 Å². The Morgan fingerprint density at radius 2 is 1.85 bits per heavy atom. The van der Waals surface area contributed by atoms with Gasteiger partial charge in [-0.15, -0.1) is 0 Å². The van der Waals surface area contributed by atoms with E-state index in [1.807, 2.05) is 31.2 Å². The van der Waals surface area contributed by atoms with Crippen molar-refractivity contribution >= 4 is 15.9 Å². The summed E-state index contributed by atoms with van der Waals surface area (Å²) in [6.07, 6.45) is 0.963. The van der Waals surface area contributed by atoms with Crippen LogP contribution in [-0.2, 0) is 26.0 Å². The molecule has 0 atom stereocenters. The molecule has 1 N–H and O–H groups in total. The average molecular weight is 398 g/mol. The van der Waals surface area contributed by atoms with Crippen LogP contribution in [0.5, 0.6) is 0 Å². The number of amides is 1. The van der Waals surface area contributed by atoms with Crippen LogP contribution in [0.1, 0.15) is 17.5 Å². The third kappa shape index (κ3) is 7.21. The molecule has 0 bridgehead atoms. The van der Waals surface area contributed by atoms with Gasteiger partial charge in [-0.1, -0.05) is 29.8 Å². The number of hydrogen-bond acceptors (Lipinski definition) is 5. The number of piperazine rings is 1. The number of sulfonamides is 1. The van der Waals surface area contributed by atoms with Gasteiger partial charge in [0, 0.05) is 53.0 Å². The smallest absolute Gasteiger partial charge is 0.227 e. The summed E-state index contributed by atoms with van der Waals surface area (Å²) in [6, 6.07) is 7.84. The van der Waals surface area contributed by atoms with E-state index in [1.165, 1.54) is 4.31 Å². The molecule has 2 rings (SSSR count). The lowest BCUT2D eigenvalue weighted by Crippen LogP contribution is -2.48. The number of hydrogen-bond donors (Lipinski definition) is 1. The molecule has 0 aromatic heterocycles. The van der Waals surface area contributed by atoms with E-state index < -0.39 is 10.0 Å². The van der Waals surface area contributed by atoms with Crippen LogP contribution >= 0.6 is 0 Å². The summed E-state index contributed by atoms with van der Waals surface area (Å²) >= 11 is 0. The summed E-state index contributed by atoms with van der Waals surface area (Å²) in [7, 11) is -1.73. The summed E-state index contributed by atoms with van der Waals surface area (Å²) in [5, 5.41) is 3.15. The second kappa shape index (κ2) is 10.8. The minimum absolute atomic E-state index is 0.0420. The lowest BCUT2D eigenvalue weighted by Gasteiger charge is -2.28. The molecular formula is C19H31N3O4S. The normalized spacial score (nSPS) is 15.6. The Labute approximate surface area is 162 Å². The third-order valence-corrected chi connectivity index (χ3v) is 6.54. The zero-order valence-electron chi connectivity index (χ0n) is 16.3. The van der Waals surface area contributed by atoms with Crippen LogP contribution in [0.2, 0.25) is 0 Å². The molecule has 0 spiro atoms. The first-order valence-corrected chi connectivity index (χ1v) is 11.0. The highest BCUT2D eigenvalue weighted by atomic mass is 32.2. The van der Waals surface area contributed by atoms with Crippen LogP contribution in [-0.4, -0.2) is 82.3 Å². The molecule has 8 heteroatoms. The van der Waals surface area contributed by atoms with Crippen LogP contribution in [0, 0.1) is 6.92 Å². The minimum Gasteiger partial charge on any atom is -0.385 e. The molecule has 0 radical (unpaired) electrons. The zero-order valence-corrected chi connectivity index (χ0v) is 17.1. The standard InChI is InChI=1S/C19H31N3O4S/c1-17-4-6-18(7-5-17)16-19(23)21(10-3-14-26-2)13-15-27(24,25)22-11-8-20-9-12-22/h4-7,20H,3,8-16H2,1-2H3. The van der Waals surface area contributed by atoms with E-state index >= 15 is 0 Å². The molecule has 0 unspecified atom stereocenters. The Morgan fingerprint density at radius 1 is 1.19 bits per heavy atom. The fourth-order valence-corrected chi connectivity index (χ4v) is 4.48. The monoisotopic (exact) mass is 397 g/mol. The number of carbonyl (C=O) groups is 1. The molecule has 152 valence electrons. The highest BCUT2D eigenvalue weighted by Crippen LogP contribution is 2.09. The van der Waals surface area contributed by atoms with Gasteiger partial charge in [0.25, 0.3) is 0 Å². The van der Waals surface area contributed by atoms with Crippen LogP contribution in [0.3, 0.4) is 0 Å². The van der Waals surface area contributed by atoms with E-state index in [-0.39, 0.29) is 24.6 Å². The van der Waals surface area contributed by atoms with E-state index in [1.54, 1.807) is 12.0 Å². The van der Waals surface area contributed by atoms with Gasteiger partial charge >= 0.3 is 0 Å².